The van der Waals surface area contributed by atoms with Crippen molar-refractivity contribution in [3.63, 3.8) is 0 Å². The Labute approximate surface area is 261 Å². The van der Waals surface area contributed by atoms with Crippen LogP contribution in [0.5, 0.6) is 5.75 Å². The molecule has 3 heterocycles. The van der Waals surface area contributed by atoms with E-state index >= 15 is 0 Å². The number of unbranched alkanes of at least 4 members (excludes halogenated alkanes) is 14. The van der Waals surface area contributed by atoms with Crippen LogP contribution >= 0.6 is 0 Å². The summed E-state index contributed by atoms with van der Waals surface area (Å²) in [7, 11) is 0. The van der Waals surface area contributed by atoms with Gasteiger partial charge >= 0.3 is 5.97 Å². The van der Waals surface area contributed by atoms with Crippen LogP contribution in [0.4, 0.5) is 11.9 Å². The molecule has 3 aromatic heterocycles. The van der Waals surface area contributed by atoms with E-state index in [1.807, 2.05) is 24.3 Å². The highest BCUT2D eigenvalue weighted by Crippen LogP contribution is 2.19. The minimum absolute atomic E-state index is 0.164. The van der Waals surface area contributed by atoms with E-state index < -0.39 is 0 Å². The maximum Gasteiger partial charge on any atom is 0.311 e. The SMILES string of the molecule is CCCCCCCCCCCCCCCCCC(=O)Oc1ccc(CCNc2nc(N)n3nc(-c4ccco4)nc3n2)cc1. The molecule has 0 amide bonds. The highest BCUT2D eigenvalue weighted by molar-refractivity contribution is 5.72. The molecule has 238 valence electrons. The van der Waals surface area contributed by atoms with Gasteiger partial charge in [0, 0.05) is 13.0 Å². The van der Waals surface area contributed by atoms with Gasteiger partial charge in [-0.3, -0.25) is 4.79 Å². The Morgan fingerprint density at radius 1 is 0.841 bits per heavy atom. The van der Waals surface area contributed by atoms with Crippen LogP contribution in [0.15, 0.2) is 47.1 Å². The predicted octanol–water partition coefficient (Wildman–Crippen LogP) is 8.18. The molecule has 0 aliphatic carbocycles. The summed E-state index contributed by atoms with van der Waals surface area (Å²) in [6.45, 7) is 2.86. The smallest absolute Gasteiger partial charge is 0.311 e. The number of carbonyl (C=O) groups is 1. The maximum atomic E-state index is 12.3. The molecule has 10 heteroatoms. The monoisotopic (exact) mass is 603 g/mol. The van der Waals surface area contributed by atoms with Crippen LogP contribution in [-0.2, 0) is 11.2 Å². The molecule has 3 N–H and O–H groups in total. The van der Waals surface area contributed by atoms with Crippen LogP contribution in [0, 0.1) is 0 Å². The van der Waals surface area contributed by atoms with Gasteiger partial charge in [-0.25, -0.2) is 0 Å². The van der Waals surface area contributed by atoms with Crippen molar-refractivity contribution in [1.82, 2.24) is 24.6 Å². The molecule has 0 saturated carbocycles. The summed E-state index contributed by atoms with van der Waals surface area (Å²) in [5.41, 5.74) is 7.15. The zero-order valence-corrected chi connectivity index (χ0v) is 26.3. The molecule has 0 atom stereocenters. The Bertz CT molecular complexity index is 1370. The van der Waals surface area contributed by atoms with Crippen LogP contribution in [0.1, 0.15) is 115 Å². The van der Waals surface area contributed by atoms with Crippen molar-refractivity contribution in [1.29, 1.82) is 0 Å². The van der Waals surface area contributed by atoms with Crippen LogP contribution < -0.4 is 15.8 Å². The second-order valence-electron chi connectivity index (χ2n) is 11.5. The lowest BCUT2D eigenvalue weighted by Crippen LogP contribution is -2.12. The van der Waals surface area contributed by atoms with E-state index in [2.05, 4.69) is 32.3 Å². The topological polar surface area (TPSA) is 133 Å². The zero-order valence-electron chi connectivity index (χ0n) is 26.3. The average Bonchev–Trinajstić information content (AvgIpc) is 3.71. The molecule has 10 nitrogen and oxygen atoms in total. The van der Waals surface area contributed by atoms with Crippen molar-refractivity contribution in [2.24, 2.45) is 0 Å². The molecule has 0 unspecified atom stereocenters. The summed E-state index contributed by atoms with van der Waals surface area (Å²) in [5, 5.41) is 7.49. The quantitative estimate of drug-likeness (QED) is 0.0518. The van der Waals surface area contributed by atoms with Crippen LogP contribution in [0.2, 0.25) is 0 Å². The second-order valence-corrected chi connectivity index (χ2v) is 11.5. The molecule has 0 radical (unpaired) electrons. The first-order valence-corrected chi connectivity index (χ1v) is 16.6. The Balaban J connectivity index is 1.03. The fourth-order valence-electron chi connectivity index (χ4n) is 5.26. The van der Waals surface area contributed by atoms with Crippen LogP contribution in [-0.4, -0.2) is 37.1 Å². The molecule has 0 spiro atoms. The van der Waals surface area contributed by atoms with Crippen molar-refractivity contribution in [2.75, 3.05) is 17.6 Å². The number of rotatable bonds is 22. The molecule has 4 aromatic rings. The van der Waals surface area contributed by atoms with E-state index in [-0.39, 0.29) is 11.9 Å². The number of nitrogen functional groups attached to an aromatic ring is 1. The molecule has 0 fully saturated rings. The molecular weight excluding hydrogens is 554 g/mol. The number of nitrogens with two attached hydrogens (primary N) is 1. The summed E-state index contributed by atoms with van der Waals surface area (Å²) >= 11 is 0. The van der Waals surface area contributed by atoms with Crippen molar-refractivity contribution in [3.05, 3.63) is 48.2 Å². The number of hydrogen-bond donors (Lipinski definition) is 2. The fraction of sp³-hybridized carbons (Fsp3) is 0.559. The first-order chi connectivity index (χ1) is 21.6. The van der Waals surface area contributed by atoms with Crippen molar-refractivity contribution in [3.8, 4) is 17.3 Å². The number of aromatic nitrogens is 5. The molecule has 4 rings (SSSR count). The fourth-order valence-corrected chi connectivity index (χ4v) is 5.26. The van der Waals surface area contributed by atoms with Crippen LogP contribution in [0.25, 0.3) is 17.4 Å². The van der Waals surface area contributed by atoms with Gasteiger partial charge in [-0.1, -0.05) is 109 Å². The van der Waals surface area contributed by atoms with E-state index in [4.69, 9.17) is 14.9 Å². The summed E-state index contributed by atoms with van der Waals surface area (Å²) in [6, 6.07) is 11.1. The Morgan fingerprint density at radius 2 is 1.48 bits per heavy atom. The van der Waals surface area contributed by atoms with Gasteiger partial charge in [0.15, 0.2) is 5.76 Å². The summed E-state index contributed by atoms with van der Waals surface area (Å²) in [6.07, 6.45) is 22.4. The lowest BCUT2D eigenvalue weighted by atomic mass is 10.0. The number of nitrogens with one attached hydrogen (secondary N) is 1. The average molecular weight is 604 g/mol. The second kappa shape index (κ2) is 18.7. The number of benzene rings is 1. The highest BCUT2D eigenvalue weighted by atomic mass is 16.5. The normalized spacial score (nSPS) is 11.3. The first kappa shape index (κ1) is 33.0. The number of nitrogens with zero attached hydrogens (tertiary/aromatic N) is 5. The summed E-state index contributed by atoms with van der Waals surface area (Å²) < 4.78 is 12.3. The highest BCUT2D eigenvalue weighted by Gasteiger charge is 2.14. The standard InChI is InChI=1S/C34H49N7O3/c1-2-3-4-5-6-7-8-9-10-11-12-13-14-15-16-19-30(42)44-28-22-20-27(21-23-28)24-25-36-33-38-32(35)41-34(39-33)37-31(40-41)29-18-17-26-43-29/h17-18,20-23,26H,2-16,19,24-25H2,1H3,(H3,35,36,37,38,39,40). The van der Waals surface area contributed by atoms with Crippen molar-refractivity contribution in [2.45, 2.75) is 116 Å². The number of anilines is 2. The summed E-state index contributed by atoms with van der Waals surface area (Å²) in [5.74, 6) is 2.22. The van der Waals surface area contributed by atoms with E-state index in [1.54, 1.807) is 18.4 Å². The van der Waals surface area contributed by atoms with Gasteiger partial charge < -0.3 is 20.2 Å². The number of furan rings is 1. The van der Waals surface area contributed by atoms with E-state index in [0.29, 0.717) is 42.0 Å². The Kier molecular flexibility index (Phi) is 14.0. The molecule has 0 saturated heterocycles. The number of esters is 1. The molecule has 1 aromatic carbocycles. The summed E-state index contributed by atoms with van der Waals surface area (Å²) in [4.78, 5) is 25.3. The minimum atomic E-state index is -0.164. The first-order valence-electron chi connectivity index (χ1n) is 16.6. The van der Waals surface area contributed by atoms with Gasteiger partial charge in [-0.2, -0.15) is 19.5 Å². The number of ether oxygens (including phenoxy) is 1. The molecule has 44 heavy (non-hydrogen) atoms. The third-order valence-electron chi connectivity index (χ3n) is 7.81. The number of carbonyl (C=O) groups excluding carboxylic acids is 1. The third kappa shape index (κ3) is 11.3. The largest absolute Gasteiger partial charge is 0.461 e. The van der Waals surface area contributed by atoms with Crippen molar-refractivity contribution >= 4 is 23.6 Å². The number of fused-ring (bicyclic) bond motifs is 1. The lowest BCUT2D eigenvalue weighted by Gasteiger charge is -2.08. The minimum Gasteiger partial charge on any atom is -0.461 e. The van der Waals surface area contributed by atoms with Gasteiger partial charge in [0.1, 0.15) is 5.75 Å². The van der Waals surface area contributed by atoms with E-state index in [1.165, 1.54) is 88.0 Å². The molecule has 0 aliphatic heterocycles. The molecule has 0 bridgehead atoms. The van der Waals surface area contributed by atoms with E-state index in [0.717, 1.165) is 24.8 Å². The van der Waals surface area contributed by atoms with Crippen molar-refractivity contribution < 1.29 is 13.9 Å². The third-order valence-corrected chi connectivity index (χ3v) is 7.81. The van der Waals surface area contributed by atoms with Gasteiger partial charge in [0.2, 0.25) is 17.7 Å². The van der Waals surface area contributed by atoms with Gasteiger partial charge in [-0.05, 0) is 42.7 Å². The number of hydrogen-bond acceptors (Lipinski definition) is 9. The zero-order chi connectivity index (χ0) is 30.8. The molecular formula is C34H49N7O3. The Morgan fingerprint density at radius 3 is 2.09 bits per heavy atom. The van der Waals surface area contributed by atoms with Gasteiger partial charge in [-0.15, -0.1) is 5.10 Å². The van der Waals surface area contributed by atoms with E-state index in [9.17, 15) is 4.79 Å². The maximum absolute atomic E-state index is 12.3. The molecule has 0 aliphatic rings. The Hall–Kier alpha value is -3.95. The van der Waals surface area contributed by atoms with Gasteiger partial charge in [0.25, 0.3) is 5.78 Å². The predicted molar refractivity (Wildman–Crippen MR) is 175 cm³/mol. The van der Waals surface area contributed by atoms with Gasteiger partial charge in [0.05, 0.1) is 6.26 Å². The lowest BCUT2D eigenvalue weighted by molar-refractivity contribution is -0.134. The van der Waals surface area contributed by atoms with Crippen LogP contribution in [0.3, 0.4) is 0 Å².